The van der Waals surface area contributed by atoms with Crippen LogP contribution >= 0.6 is 0 Å². The van der Waals surface area contributed by atoms with Crippen LogP contribution in [-0.2, 0) is 16.0 Å². The normalized spacial score (nSPS) is 15.6. The number of methoxy groups -OCH3 is 1. The summed E-state index contributed by atoms with van der Waals surface area (Å²) in [7, 11) is 1.53. The van der Waals surface area contributed by atoms with Gasteiger partial charge in [0.1, 0.15) is 11.3 Å². The maximum Gasteiger partial charge on any atom is 0.335 e. The van der Waals surface area contributed by atoms with E-state index in [1.54, 1.807) is 18.2 Å². The van der Waals surface area contributed by atoms with Crippen molar-refractivity contribution in [1.29, 1.82) is 0 Å². The first-order chi connectivity index (χ1) is 14.5. The molecule has 6 heteroatoms. The van der Waals surface area contributed by atoms with Crippen molar-refractivity contribution in [3.05, 3.63) is 77.4 Å². The maximum absolute atomic E-state index is 13.2. The Morgan fingerprint density at radius 2 is 1.70 bits per heavy atom. The summed E-state index contributed by atoms with van der Waals surface area (Å²) in [5.74, 6) is -0.887. The third-order valence-corrected chi connectivity index (χ3v) is 5.14. The van der Waals surface area contributed by atoms with Crippen molar-refractivity contribution in [3.63, 3.8) is 0 Å². The number of rotatable bonds is 4. The molecule has 1 saturated heterocycles. The molecule has 3 aromatic carbocycles. The number of carbonyl (C=O) groups is 3. The average molecular weight is 400 g/mol. The van der Waals surface area contributed by atoms with Gasteiger partial charge in [-0.2, -0.15) is 0 Å². The lowest BCUT2D eigenvalue weighted by molar-refractivity contribution is -0.122. The summed E-state index contributed by atoms with van der Waals surface area (Å²) in [6, 6.07) is 17.6. The highest BCUT2D eigenvalue weighted by Crippen LogP contribution is 2.31. The molecule has 150 valence electrons. The van der Waals surface area contributed by atoms with E-state index in [0.29, 0.717) is 17.0 Å². The molecule has 1 aliphatic heterocycles. The number of nitrogens with one attached hydrogen (secondary N) is 1. The van der Waals surface area contributed by atoms with Crippen LogP contribution in [0.15, 0.2) is 66.2 Å². The van der Waals surface area contributed by atoms with Crippen LogP contribution in [-0.4, -0.2) is 25.0 Å². The smallest absolute Gasteiger partial charge is 0.335 e. The van der Waals surface area contributed by atoms with E-state index in [4.69, 9.17) is 4.74 Å². The van der Waals surface area contributed by atoms with E-state index in [-0.39, 0.29) is 5.57 Å². The van der Waals surface area contributed by atoms with E-state index in [1.165, 1.54) is 13.2 Å². The molecule has 1 aliphatic rings. The van der Waals surface area contributed by atoms with Gasteiger partial charge in [-0.3, -0.25) is 14.9 Å². The Morgan fingerprint density at radius 1 is 0.967 bits per heavy atom. The van der Waals surface area contributed by atoms with Gasteiger partial charge >= 0.3 is 6.03 Å². The van der Waals surface area contributed by atoms with Crippen LogP contribution in [0, 0.1) is 0 Å². The Balaban J connectivity index is 1.83. The fourth-order valence-electron chi connectivity index (χ4n) is 3.52. The average Bonchev–Trinajstić information content (AvgIpc) is 2.76. The van der Waals surface area contributed by atoms with Crippen molar-refractivity contribution >= 4 is 40.4 Å². The van der Waals surface area contributed by atoms with Crippen molar-refractivity contribution < 1.29 is 19.1 Å². The molecule has 0 aliphatic carbocycles. The van der Waals surface area contributed by atoms with E-state index in [0.717, 1.165) is 27.7 Å². The van der Waals surface area contributed by atoms with E-state index in [9.17, 15) is 14.4 Å². The molecular weight excluding hydrogens is 380 g/mol. The summed E-state index contributed by atoms with van der Waals surface area (Å²) >= 11 is 0. The number of ether oxygens (including phenoxy) is 1. The Kier molecular flexibility index (Phi) is 5.06. The van der Waals surface area contributed by atoms with Gasteiger partial charge in [0, 0.05) is 5.56 Å². The Hall–Kier alpha value is -3.93. The zero-order chi connectivity index (χ0) is 21.3. The van der Waals surface area contributed by atoms with Gasteiger partial charge in [0.25, 0.3) is 11.8 Å². The third-order valence-electron chi connectivity index (χ3n) is 5.14. The molecule has 0 bridgehead atoms. The minimum Gasteiger partial charge on any atom is -0.496 e. The van der Waals surface area contributed by atoms with E-state index >= 15 is 0 Å². The van der Waals surface area contributed by atoms with Crippen LogP contribution in [0.1, 0.15) is 18.1 Å². The van der Waals surface area contributed by atoms with Crippen molar-refractivity contribution in [2.24, 2.45) is 0 Å². The minimum atomic E-state index is -0.767. The predicted molar refractivity (Wildman–Crippen MR) is 115 cm³/mol. The first-order valence-corrected chi connectivity index (χ1v) is 9.59. The van der Waals surface area contributed by atoms with Crippen molar-refractivity contribution in [2.45, 2.75) is 13.3 Å². The van der Waals surface area contributed by atoms with Crippen LogP contribution in [0.5, 0.6) is 5.75 Å². The van der Waals surface area contributed by atoms with E-state index < -0.39 is 17.8 Å². The molecule has 3 aromatic rings. The van der Waals surface area contributed by atoms with Gasteiger partial charge in [0.05, 0.1) is 12.8 Å². The van der Waals surface area contributed by atoms with Crippen molar-refractivity contribution in [3.8, 4) is 5.75 Å². The Bertz CT molecular complexity index is 1200. The maximum atomic E-state index is 13.2. The lowest BCUT2D eigenvalue weighted by Gasteiger charge is -2.26. The SMILES string of the molecule is CCc1ccc(N2C(=O)NC(=O)/C(=C\c3c(OC)ccc4ccccc34)C2=O)cc1. The molecule has 0 saturated carbocycles. The first-order valence-electron chi connectivity index (χ1n) is 9.59. The largest absolute Gasteiger partial charge is 0.496 e. The second-order valence-corrected chi connectivity index (χ2v) is 6.88. The molecule has 1 N–H and O–H groups in total. The van der Waals surface area contributed by atoms with Gasteiger partial charge in [-0.25, -0.2) is 9.69 Å². The lowest BCUT2D eigenvalue weighted by atomic mass is 9.99. The third kappa shape index (κ3) is 3.33. The number of fused-ring (bicyclic) bond motifs is 1. The summed E-state index contributed by atoms with van der Waals surface area (Å²) in [5.41, 5.74) is 1.95. The number of urea groups is 1. The number of imide groups is 2. The van der Waals surface area contributed by atoms with Crippen LogP contribution in [0.4, 0.5) is 10.5 Å². The second-order valence-electron chi connectivity index (χ2n) is 6.88. The minimum absolute atomic E-state index is 0.135. The number of anilines is 1. The highest BCUT2D eigenvalue weighted by atomic mass is 16.5. The number of carbonyl (C=O) groups excluding carboxylic acids is 3. The molecule has 1 heterocycles. The lowest BCUT2D eigenvalue weighted by Crippen LogP contribution is -2.54. The number of amides is 4. The second kappa shape index (κ2) is 7.83. The van der Waals surface area contributed by atoms with Gasteiger partial charge in [-0.05, 0) is 47.0 Å². The standard InChI is InChI=1S/C24H20N2O4/c1-3-15-8-11-17(12-9-15)26-23(28)20(22(27)25-24(26)29)14-19-18-7-5-4-6-16(18)10-13-21(19)30-2/h4-14H,3H2,1-2H3,(H,25,27,29)/b20-14+. The van der Waals surface area contributed by atoms with Crippen LogP contribution in [0.2, 0.25) is 0 Å². The van der Waals surface area contributed by atoms with Gasteiger partial charge in [0.2, 0.25) is 0 Å². The molecule has 0 aromatic heterocycles. The van der Waals surface area contributed by atoms with Crippen LogP contribution in [0.3, 0.4) is 0 Å². The highest BCUT2D eigenvalue weighted by Gasteiger charge is 2.37. The molecule has 4 amide bonds. The Morgan fingerprint density at radius 3 is 2.40 bits per heavy atom. The number of barbiturate groups is 1. The molecule has 0 radical (unpaired) electrons. The molecular formula is C24H20N2O4. The van der Waals surface area contributed by atoms with Gasteiger partial charge in [-0.15, -0.1) is 0 Å². The predicted octanol–water partition coefficient (Wildman–Crippen LogP) is 4.08. The molecule has 0 spiro atoms. The number of nitrogens with zero attached hydrogens (tertiary/aromatic N) is 1. The number of aryl methyl sites for hydroxylation is 1. The molecule has 6 nitrogen and oxygen atoms in total. The van der Waals surface area contributed by atoms with E-state index in [1.807, 2.05) is 49.4 Å². The topological polar surface area (TPSA) is 75.7 Å². The summed E-state index contributed by atoms with van der Waals surface area (Å²) < 4.78 is 5.46. The fourth-order valence-corrected chi connectivity index (χ4v) is 3.52. The van der Waals surface area contributed by atoms with E-state index in [2.05, 4.69) is 5.32 Å². The summed E-state index contributed by atoms with van der Waals surface area (Å²) in [4.78, 5) is 39.1. The number of hydrogen-bond donors (Lipinski definition) is 1. The first kappa shape index (κ1) is 19.4. The quantitative estimate of drug-likeness (QED) is 0.529. The molecule has 1 fully saturated rings. The van der Waals surface area contributed by atoms with Crippen molar-refractivity contribution in [1.82, 2.24) is 5.32 Å². The molecule has 4 rings (SSSR count). The molecule has 0 unspecified atom stereocenters. The Labute approximate surface area is 173 Å². The summed E-state index contributed by atoms with van der Waals surface area (Å²) in [5, 5.41) is 4.04. The molecule has 0 atom stereocenters. The fraction of sp³-hybridized carbons (Fsp3) is 0.125. The van der Waals surface area contributed by atoms with Gasteiger partial charge in [-0.1, -0.05) is 49.4 Å². The zero-order valence-electron chi connectivity index (χ0n) is 16.6. The van der Waals surface area contributed by atoms with Gasteiger partial charge < -0.3 is 4.74 Å². The zero-order valence-corrected chi connectivity index (χ0v) is 16.6. The number of hydrogen-bond acceptors (Lipinski definition) is 4. The van der Waals surface area contributed by atoms with Crippen LogP contribution < -0.4 is 15.0 Å². The number of benzene rings is 3. The summed E-state index contributed by atoms with van der Waals surface area (Å²) in [6.45, 7) is 2.02. The summed E-state index contributed by atoms with van der Waals surface area (Å²) in [6.07, 6.45) is 2.32. The van der Waals surface area contributed by atoms with Crippen molar-refractivity contribution in [2.75, 3.05) is 12.0 Å². The highest BCUT2D eigenvalue weighted by molar-refractivity contribution is 6.39. The van der Waals surface area contributed by atoms with Crippen LogP contribution in [0.25, 0.3) is 16.8 Å². The molecule has 30 heavy (non-hydrogen) atoms. The van der Waals surface area contributed by atoms with Gasteiger partial charge in [0.15, 0.2) is 0 Å². The monoisotopic (exact) mass is 400 g/mol.